The molecule has 0 fully saturated rings. The second kappa shape index (κ2) is 8.24. The summed E-state index contributed by atoms with van der Waals surface area (Å²) in [6.45, 7) is 10.6. The number of nitrogens with two attached hydrogens (primary N) is 1. The molecule has 2 N–H and O–H groups in total. The maximum Gasteiger partial charge on any atom is 0.364 e. The molecule has 1 unspecified atom stereocenters. The van der Waals surface area contributed by atoms with Crippen LogP contribution in [0, 0.1) is 0 Å². The van der Waals surface area contributed by atoms with E-state index < -0.39 is 8.56 Å². The third kappa shape index (κ3) is 5.08. The van der Waals surface area contributed by atoms with Crippen LogP contribution in [0.2, 0.25) is 6.55 Å². The number of rotatable bonds is 9. The fourth-order valence-corrected chi connectivity index (χ4v) is 4.41. The van der Waals surface area contributed by atoms with E-state index in [9.17, 15) is 0 Å². The van der Waals surface area contributed by atoms with Gasteiger partial charge in [-0.3, -0.25) is 0 Å². The smallest absolute Gasteiger partial charge is 0.364 e. The molecule has 15 heavy (non-hydrogen) atoms. The second-order valence-corrected chi connectivity index (χ2v) is 6.66. The van der Waals surface area contributed by atoms with Gasteiger partial charge >= 0.3 is 8.56 Å². The molecule has 5 heteroatoms. The van der Waals surface area contributed by atoms with E-state index in [1.807, 2.05) is 20.8 Å². The monoisotopic (exact) mass is 235 g/mol. The predicted molar refractivity (Wildman–Crippen MR) is 64.0 cm³/mol. The molecule has 0 aromatic rings. The average Bonchev–Trinajstić information content (AvgIpc) is 2.18. The molecule has 0 amide bonds. The maximum absolute atomic E-state index is 5.77. The van der Waals surface area contributed by atoms with Crippen molar-refractivity contribution in [1.82, 2.24) is 0 Å². The van der Waals surface area contributed by atoms with E-state index >= 15 is 0 Å². The molecule has 0 aromatic carbocycles. The Kier molecular flexibility index (Phi) is 8.27. The Bertz CT molecular complexity index is 146. The molecule has 0 heterocycles. The van der Waals surface area contributed by atoms with E-state index in [0.717, 1.165) is 6.42 Å². The van der Waals surface area contributed by atoms with Crippen LogP contribution in [0.3, 0.4) is 0 Å². The lowest BCUT2D eigenvalue weighted by Crippen LogP contribution is -2.53. The fraction of sp³-hybridized carbons (Fsp3) is 1.00. The zero-order valence-corrected chi connectivity index (χ0v) is 11.4. The maximum atomic E-state index is 5.77. The Morgan fingerprint density at radius 1 is 1.07 bits per heavy atom. The minimum atomic E-state index is -2.22. The lowest BCUT2D eigenvalue weighted by Gasteiger charge is -2.33. The molecular formula is C10H25NO3Si. The fourth-order valence-electron chi connectivity index (χ4n) is 1.65. The van der Waals surface area contributed by atoms with Gasteiger partial charge in [-0.15, -0.1) is 0 Å². The van der Waals surface area contributed by atoms with Gasteiger partial charge in [-0.05, 0) is 40.3 Å². The van der Waals surface area contributed by atoms with Gasteiger partial charge in [0.05, 0.1) is 0 Å². The number of hydrogen-bond acceptors (Lipinski definition) is 4. The SMILES string of the molecule is CCOC(CCN)[Si](C)(OCC)OCC. The van der Waals surface area contributed by atoms with Gasteiger partial charge < -0.3 is 19.3 Å². The van der Waals surface area contributed by atoms with Crippen molar-refractivity contribution in [2.45, 2.75) is 39.5 Å². The molecule has 0 rings (SSSR count). The lowest BCUT2D eigenvalue weighted by atomic mass is 10.4. The molecule has 4 nitrogen and oxygen atoms in total. The van der Waals surface area contributed by atoms with Gasteiger partial charge in [0, 0.05) is 19.8 Å². The lowest BCUT2D eigenvalue weighted by molar-refractivity contribution is 0.0525. The van der Waals surface area contributed by atoms with Crippen LogP contribution in [-0.2, 0) is 13.6 Å². The van der Waals surface area contributed by atoms with Crippen molar-refractivity contribution >= 4 is 8.56 Å². The van der Waals surface area contributed by atoms with Gasteiger partial charge in [0.15, 0.2) is 0 Å². The van der Waals surface area contributed by atoms with Gasteiger partial charge in [-0.25, -0.2) is 0 Å². The Morgan fingerprint density at radius 3 is 1.93 bits per heavy atom. The molecule has 0 saturated heterocycles. The van der Waals surface area contributed by atoms with Gasteiger partial charge in [-0.1, -0.05) is 0 Å². The normalized spacial score (nSPS) is 14.2. The van der Waals surface area contributed by atoms with Crippen molar-refractivity contribution in [3.63, 3.8) is 0 Å². The molecule has 0 radical (unpaired) electrons. The summed E-state index contributed by atoms with van der Waals surface area (Å²) in [5.74, 6) is 0. The summed E-state index contributed by atoms with van der Waals surface area (Å²) >= 11 is 0. The first-order valence-corrected chi connectivity index (χ1v) is 8.13. The minimum absolute atomic E-state index is 0.0346. The minimum Gasteiger partial charge on any atom is -0.393 e. The summed E-state index contributed by atoms with van der Waals surface area (Å²) in [4.78, 5) is 0. The van der Waals surface area contributed by atoms with Crippen molar-refractivity contribution in [2.24, 2.45) is 5.73 Å². The zero-order chi connectivity index (χ0) is 11.7. The predicted octanol–water partition coefficient (Wildman–Crippen LogP) is 1.42. The molecule has 0 bridgehead atoms. The first-order chi connectivity index (χ1) is 7.14. The third-order valence-electron chi connectivity index (χ3n) is 2.24. The Morgan fingerprint density at radius 2 is 1.60 bits per heavy atom. The van der Waals surface area contributed by atoms with Crippen molar-refractivity contribution in [3.8, 4) is 0 Å². The Labute approximate surface area is 94.3 Å². The highest BCUT2D eigenvalue weighted by atomic mass is 28.4. The van der Waals surface area contributed by atoms with E-state index in [-0.39, 0.29) is 5.73 Å². The van der Waals surface area contributed by atoms with E-state index in [1.54, 1.807) is 0 Å². The quantitative estimate of drug-likeness (QED) is 0.614. The largest absolute Gasteiger partial charge is 0.393 e. The van der Waals surface area contributed by atoms with E-state index in [2.05, 4.69) is 6.55 Å². The summed E-state index contributed by atoms with van der Waals surface area (Å²) in [7, 11) is -2.22. The molecule has 92 valence electrons. The van der Waals surface area contributed by atoms with Gasteiger partial charge in [-0.2, -0.15) is 0 Å². The third-order valence-corrected chi connectivity index (χ3v) is 5.59. The van der Waals surface area contributed by atoms with Crippen LogP contribution < -0.4 is 5.73 Å². The Hall–Kier alpha value is 0.0569. The number of hydrogen-bond donors (Lipinski definition) is 1. The summed E-state index contributed by atoms with van der Waals surface area (Å²) in [6.07, 6.45) is 0.802. The molecular weight excluding hydrogens is 210 g/mol. The average molecular weight is 235 g/mol. The van der Waals surface area contributed by atoms with Crippen LogP contribution in [0.25, 0.3) is 0 Å². The highest BCUT2D eigenvalue weighted by molar-refractivity contribution is 6.67. The molecule has 0 saturated carbocycles. The van der Waals surface area contributed by atoms with E-state index in [4.69, 9.17) is 19.3 Å². The van der Waals surface area contributed by atoms with Crippen LogP contribution in [0.15, 0.2) is 0 Å². The highest BCUT2D eigenvalue weighted by Crippen LogP contribution is 2.18. The summed E-state index contributed by atoms with van der Waals surface area (Å²) in [5, 5.41) is 0. The first kappa shape index (κ1) is 15.1. The molecule has 0 spiro atoms. The van der Waals surface area contributed by atoms with Crippen LogP contribution in [0.4, 0.5) is 0 Å². The standard InChI is InChI=1S/C10H25NO3Si/c1-5-12-10(8-9-11)15(4,13-6-2)14-7-3/h10H,5-9,11H2,1-4H3. The molecule has 0 aliphatic carbocycles. The van der Waals surface area contributed by atoms with Gasteiger partial charge in [0.25, 0.3) is 0 Å². The van der Waals surface area contributed by atoms with Crippen LogP contribution in [0.5, 0.6) is 0 Å². The summed E-state index contributed by atoms with van der Waals surface area (Å²) in [6, 6.07) is 0. The van der Waals surface area contributed by atoms with Crippen LogP contribution >= 0.6 is 0 Å². The van der Waals surface area contributed by atoms with Crippen molar-refractivity contribution in [2.75, 3.05) is 26.4 Å². The van der Waals surface area contributed by atoms with Crippen LogP contribution in [-0.4, -0.2) is 40.7 Å². The molecule has 0 aliphatic rings. The van der Waals surface area contributed by atoms with E-state index in [1.165, 1.54) is 0 Å². The van der Waals surface area contributed by atoms with E-state index in [0.29, 0.717) is 26.4 Å². The van der Waals surface area contributed by atoms with Crippen molar-refractivity contribution in [3.05, 3.63) is 0 Å². The van der Waals surface area contributed by atoms with Crippen molar-refractivity contribution < 1.29 is 13.6 Å². The molecule has 0 aromatic heterocycles. The first-order valence-electron chi connectivity index (χ1n) is 5.74. The zero-order valence-electron chi connectivity index (χ0n) is 10.4. The van der Waals surface area contributed by atoms with Gasteiger partial charge in [0.1, 0.15) is 5.73 Å². The van der Waals surface area contributed by atoms with Gasteiger partial charge in [0.2, 0.25) is 0 Å². The Balaban J connectivity index is 4.48. The second-order valence-electron chi connectivity index (χ2n) is 3.40. The number of ether oxygens (including phenoxy) is 1. The molecule has 0 aliphatic heterocycles. The summed E-state index contributed by atoms with van der Waals surface area (Å²) in [5.41, 5.74) is 5.61. The van der Waals surface area contributed by atoms with Crippen LogP contribution in [0.1, 0.15) is 27.2 Å². The molecule has 1 atom stereocenters. The summed E-state index contributed by atoms with van der Waals surface area (Å²) < 4.78 is 17.2. The highest BCUT2D eigenvalue weighted by Gasteiger charge is 2.41. The topological polar surface area (TPSA) is 53.7 Å². The van der Waals surface area contributed by atoms with Crippen molar-refractivity contribution in [1.29, 1.82) is 0 Å².